The number of carbonyl (C=O) groups excluding carboxylic acids is 1. The summed E-state index contributed by atoms with van der Waals surface area (Å²) >= 11 is 0. The monoisotopic (exact) mass is 453 g/mol. The van der Waals surface area contributed by atoms with Gasteiger partial charge >= 0.3 is 5.63 Å². The number of ether oxygens (including phenoxy) is 1. The minimum atomic E-state index is -0.696. The highest BCUT2D eigenvalue weighted by Crippen LogP contribution is 2.23. The molecule has 5 aromatic rings. The molecule has 0 unspecified atom stereocenters. The van der Waals surface area contributed by atoms with Crippen molar-refractivity contribution in [1.29, 1.82) is 0 Å². The zero-order chi connectivity index (χ0) is 23.7. The maximum atomic E-state index is 12.6. The van der Waals surface area contributed by atoms with E-state index in [0.717, 1.165) is 11.4 Å². The molecule has 3 aromatic heterocycles. The Labute approximate surface area is 193 Å². The molecule has 168 valence electrons. The van der Waals surface area contributed by atoms with Crippen molar-refractivity contribution in [2.45, 2.75) is 13.8 Å². The average molecular weight is 453 g/mol. The number of aryl methyl sites for hydroxylation is 2. The molecule has 0 atom stereocenters. The lowest BCUT2D eigenvalue weighted by Gasteiger charge is -2.09. The molecule has 9 nitrogen and oxygen atoms in total. The molecule has 0 aliphatic heterocycles. The molecule has 9 heteroatoms. The summed E-state index contributed by atoms with van der Waals surface area (Å²) in [6.45, 7) is 3.85. The Hall–Kier alpha value is -4.79. The molecule has 34 heavy (non-hydrogen) atoms. The van der Waals surface area contributed by atoms with Crippen molar-refractivity contribution in [3.05, 3.63) is 100 Å². The Morgan fingerprint density at radius 2 is 1.79 bits per heavy atom. The van der Waals surface area contributed by atoms with Crippen LogP contribution in [0.2, 0.25) is 0 Å². The Morgan fingerprint density at radius 3 is 2.56 bits per heavy atom. The van der Waals surface area contributed by atoms with Crippen LogP contribution in [0.15, 0.2) is 82.3 Å². The van der Waals surface area contributed by atoms with Gasteiger partial charge in [-0.25, -0.2) is 19.4 Å². The van der Waals surface area contributed by atoms with E-state index in [-0.39, 0.29) is 5.56 Å². The van der Waals surface area contributed by atoms with Crippen molar-refractivity contribution >= 4 is 22.6 Å². The first-order valence-electron chi connectivity index (χ1n) is 10.4. The number of nitrogens with one attached hydrogen (secondary N) is 1. The van der Waals surface area contributed by atoms with Crippen molar-refractivity contribution < 1.29 is 13.9 Å². The molecule has 0 radical (unpaired) electrons. The summed E-state index contributed by atoms with van der Waals surface area (Å²) in [6.07, 6.45) is 1.41. The van der Waals surface area contributed by atoms with Gasteiger partial charge in [-0.15, -0.1) is 0 Å². The number of nitrogens with zero attached hydrogens (tertiary/aromatic N) is 4. The van der Waals surface area contributed by atoms with Gasteiger partial charge in [0, 0.05) is 22.8 Å². The molecule has 3 heterocycles. The van der Waals surface area contributed by atoms with Crippen LogP contribution in [-0.2, 0) is 0 Å². The van der Waals surface area contributed by atoms with Crippen LogP contribution in [-0.4, -0.2) is 25.7 Å². The van der Waals surface area contributed by atoms with Crippen LogP contribution in [0.1, 0.15) is 21.7 Å². The number of rotatable bonds is 5. The fraction of sp³-hybridized carbons (Fsp3) is 0.0800. The number of fused-ring (bicyclic) bond motifs is 1. The van der Waals surface area contributed by atoms with Crippen LogP contribution in [0, 0.1) is 13.8 Å². The molecule has 2 aromatic carbocycles. The summed E-state index contributed by atoms with van der Waals surface area (Å²) in [6, 6.07) is 18.9. The highest BCUT2D eigenvalue weighted by atomic mass is 16.5. The van der Waals surface area contributed by atoms with Gasteiger partial charge in [0.2, 0.25) is 5.88 Å². The number of aromatic nitrogens is 4. The van der Waals surface area contributed by atoms with Crippen LogP contribution < -0.4 is 15.7 Å². The second-order valence-electron chi connectivity index (χ2n) is 7.62. The lowest BCUT2D eigenvalue weighted by molar-refractivity contribution is 0.102. The Kier molecular flexibility index (Phi) is 5.35. The normalized spacial score (nSPS) is 10.9. The van der Waals surface area contributed by atoms with Crippen molar-refractivity contribution in [3.8, 4) is 17.4 Å². The van der Waals surface area contributed by atoms with Crippen molar-refractivity contribution in [2.24, 2.45) is 0 Å². The van der Waals surface area contributed by atoms with Crippen LogP contribution in [0.5, 0.6) is 11.6 Å². The van der Waals surface area contributed by atoms with E-state index < -0.39 is 11.5 Å². The number of carbonyl (C=O) groups is 1. The van der Waals surface area contributed by atoms with E-state index in [2.05, 4.69) is 20.4 Å². The molecule has 0 spiro atoms. The number of amides is 1. The van der Waals surface area contributed by atoms with E-state index in [1.54, 1.807) is 59.3 Å². The molecule has 5 rings (SSSR count). The third kappa shape index (κ3) is 4.26. The van der Waals surface area contributed by atoms with E-state index in [9.17, 15) is 9.59 Å². The van der Waals surface area contributed by atoms with E-state index in [1.807, 2.05) is 19.9 Å². The predicted molar refractivity (Wildman–Crippen MR) is 126 cm³/mol. The second-order valence-corrected chi connectivity index (χ2v) is 7.62. The zero-order valence-electron chi connectivity index (χ0n) is 18.4. The smallest absolute Gasteiger partial charge is 0.349 e. The molecule has 0 bridgehead atoms. The molecular formula is C25H19N5O4. The van der Waals surface area contributed by atoms with Crippen molar-refractivity contribution in [1.82, 2.24) is 19.7 Å². The standard InChI is InChI=1S/C25H19N5O4/c1-15-11-16(2)30(29-15)22-13-23(27-14-26-22)33-19-9-7-18(8-10-19)28-24(31)20-12-17-5-3-4-6-21(17)34-25(20)32/h3-14H,1-2H3,(H,28,31). The van der Waals surface area contributed by atoms with Gasteiger partial charge in [0.25, 0.3) is 5.91 Å². The lowest BCUT2D eigenvalue weighted by Crippen LogP contribution is -2.20. The summed E-state index contributed by atoms with van der Waals surface area (Å²) in [5.74, 6) is 0.900. The number of anilines is 1. The molecule has 1 amide bonds. The highest BCUT2D eigenvalue weighted by Gasteiger charge is 2.14. The minimum Gasteiger partial charge on any atom is -0.439 e. The van der Waals surface area contributed by atoms with Crippen LogP contribution in [0.25, 0.3) is 16.8 Å². The molecular weight excluding hydrogens is 434 g/mol. The second kappa shape index (κ2) is 8.62. The lowest BCUT2D eigenvalue weighted by atomic mass is 10.1. The van der Waals surface area contributed by atoms with E-state index in [0.29, 0.717) is 34.1 Å². The summed E-state index contributed by atoms with van der Waals surface area (Å²) < 4.78 is 12.8. The number of benzene rings is 2. The third-order valence-corrected chi connectivity index (χ3v) is 5.07. The first-order chi connectivity index (χ1) is 16.5. The third-order valence-electron chi connectivity index (χ3n) is 5.07. The zero-order valence-corrected chi connectivity index (χ0v) is 18.4. The van der Waals surface area contributed by atoms with Gasteiger partial charge in [0.1, 0.15) is 23.2 Å². The number of hydrogen-bond acceptors (Lipinski definition) is 7. The topological polar surface area (TPSA) is 112 Å². The first kappa shape index (κ1) is 21.1. The molecule has 0 saturated heterocycles. The van der Waals surface area contributed by atoms with Crippen molar-refractivity contribution in [3.63, 3.8) is 0 Å². The van der Waals surface area contributed by atoms with E-state index in [4.69, 9.17) is 9.15 Å². The SMILES string of the molecule is Cc1cc(C)n(-c2cc(Oc3ccc(NC(=O)c4cc5ccccc5oc4=O)cc3)ncn2)n1. The van der Waals surface area contributed by atoms with Crippen LogP contribution >= 0.6 is 0 Å². The Bertz CT molecular complexity index is 1570. The molecule has 1 N–H and O–H groups in total. The maximum absolute atomic E-state index is 12.6. The molecule has 0 aliphatic carbocycles. The molecule has 0 fully saturated rings. The average Bonchev–Trinajstić information content (AvgIpc) is 3.18. The fourth-order valence-corrected chi connectivity index (χ4v) is 3.51. The largest absolute Gasteiger partial charge is 0.439 e. The number of para-hydroxylation sites is 1. The quantitative estimate of drug-likeness (QED) is 0.392. The van der Waals surface area contributed by atoms with Gasteiger partial charge in [0.05, 0.1) is 5.69 Å². The summed E-state index contributed by atoms with van der Waals surface area (Å²) in [4.78, 5) is 33.2. The van der Waals surface area contributed by atoms with Gasteiger partial charge in [-0.1, -0.05) is 18.2 Å². The van der Waals surface area contributed by atoms with E-state index in [1.165, 1.54) is 12.4 Å². The van der Waals surface area contributed by atoms with Crippen LogP contribution in [0.4, 0.5) is 5.69 Å². The molecule has 0 saturated carbocycles. The Morgan fingerprint density at radius 1 is 1.00 bits per heavy atom. The summed E-state index contributed by atoms with van der Waals surface area (Å²) in [5.41, 5.74) is 1.99. The highest BCUT2D eigenvalue weighted by molar-refractivity contribution is 6.05. The number of hydrogen-bond donors (Lipinski definition) is 1. The first-order valence-corrected chi connectivity index (χ1v) is 10.4. The van der Waals surface area contributed by atoms with Gasteiger partial charge in [-0.3, -0.25) is 4.79 Å². The van der Waals surface area contributed by atoms with Gasteiger partial charge in [0.15, 0.2) is 5.82 Å². The predicted octanol–water partition coefficient (Wildman–Crippen LogP) is 4.43. The maximum Gasteiger partial charge on any atom is 0.349 e. The van der Waals surface area contributed by atoms with E-state index >= 15 is 0 Å². The van der Waals surface area contributed by atoms with Gasteiger partial charge in [-0.05, 0) is 56.3 Å². The minimum absolute atomic E-state index is 0.0725. The van der Waals surface area contributed by atoms with Gasteiger partial charge < -0.3 is 14.5 Å². The van der Waals surface area contributed by atoms with Gasteiger partial charge in [-0.2, -0.15) is 5.10 Å². The Balaban J connectivity index is 1.30. The fourth-order valence-electron chi connectivity index (χ4n) is 3.51. The molecule has 0 aliphatic rings. The van der Waals surface area contributed by atoms with Crippen molar-refractivity contribution in [2.75, 3.05) is 5.32 Å². The summed E-state index contributed by atoms with van der Waals surface area (Å²) in [7, 11) is 0. The van der Waals surface area contributed by atoms with Crippen LogP contribution in [0.3, 0.4) is 0 Å². The summed E-state index contributed by atoms with van der Waals surface area (Å²) in [5, 5.41) is 7.79.